The van der Waals surface area contributed by atoms with Gasteiger partial charge in [0.2, 0.25) is 15.9 Å². The van der Waals surface area contributed by atoms with Crippen molar-refractivity contribution in [3.8, 4) is 0 Å². The molecule has 1 aromatic heterocycles. The normalized spacial score (nSPS) is 12.4. The first kappa shape index (κ1) is 18.1. The van der Waals surface area contributed by atoms with E-state index in [1.807, 2.05) is 20.8 Å². The highest BCUT2D eigenvalue weighted by Crippen LogP contribution is 2.22. The molecular formula is C15H20N4O4S. The van der Waals surface area contributed by atoms with Crippen molar-refractivity contribution in [2.24, 2.45) is 0 Å². The second-order valence-corrected chi connectivity index (χ2v) is 8.58. The first-order chi connectivity index (χ1) is 11.0. The van der Waals surface area contributed by atoms with E-state index in [2.05, 4.69) is 15.5 Å². The topological polar surface area (TPSA) is 105 Å². The number of aromatic nitrogens is 2. The number of carbonyl (C=O) groups excluding carboxylic acids is 1. The van der Waals surface area contributed by atoms with Crippen LogP contribution in [-0.2, 0) is 15.4 Å². The summed E-state index contributed by atoms with van der Waals surface area (Å²) in [6.07, 6.45) is 0. The number of nitrogens with zero attached hydrogens (tertiary/aromatic N) is 3. The van der Waals surface area contributed by atoms with Gasteiger partial charge in [0, 0.05) is 25.1 Å². The third-order valence-electron chi connectivity index (χ3n) is 3.18. The number of rotatable bonds is 4. The van der Waals surface area contributed by atoms with Gasteiger partial charge in [-0.05, 0) is 24.3 Å². The van der Waals surface area contributed by atoms with Crippen molar-refractivity contribution in [2.45, 2.75) is 31.1 Å². The minimum atomic E-state index is -3.53. The highest BCUT2D eigenvalue weighted by atomic mass is 32.2. The number of hydrogen-bond acceptors (Lipinski definition) is 6. The second kappa shape index (κ2) is 6.33. The van der Waals surface area contributed by atoms with Crippen LogP contribution in [0.2, 0.25) is 0 Å². The lowest BCUT2D eigenvalue weighted by molar-refractivity contribution is 0.102. The Labute approximate surface area is 140 Å². The number of sulfonamides is 1. The summed E-state index contributed by atoms with van der Waals surface area (Å²) in [5, 5.41) is 10.2. The molecule has 0 aliphatic carbocycles. The lowest BCUT2D eigenvalue weighted by Gasteiger charge is -2.11. The lowest BCUT2D eigenvalue weighted by atomic mass is 9.97. The van der Waals surface area contributed by atoms with Gasteiger partial charge in [0.15, 0.2) is 0 Å². The third-order valence-corrected chi connectivity index (χ3v) is 5.01. The lowest BCUT2D eigenvalue weighted by Crippen LogP contribution is -2.22. The minimum Gasteiger partial charge on any atom is -0.407 e. The Morgan fingerprint density at radius 2 is 1.71 bits per heavy atom. The Kier molecular flexibility index (Phi) is 4.77. The van der Waals surface area contributed by atoms with Crippen LogP contribution in [0.5, 0.6) is 0 Å². The zero-order chi connectivity index (χ0) is 18.1. The number of carbonyl (C=O) groups is 1. The molecule has 0 spiro atoms. The van der Waals surface area contributed by atoms with Gasteiger partial charge in [-0.25, -0.2) is 12.7 Å². The number of hydrogen-bond donors (Lipinski definition) is 1. The minimum absolute atomic E-state index is 0.00471. The van der Waals surface area contributed by atoms with E-state index in [0.29, 0.717) is 5.89 Å². The van der Waals surface area contributed by atoms with E-state index in [9.17, 15) is 13.2 Å². The Bertz CT molecular complexity index is 833. The SMILES string of the molecule is CN(C)S(=O)(=O)c1ccc(C(=O)Nc2nnc(C(C)(C)C)o2)cc1. The summed E-state index contributed by atoms with van der Waals surface area (Å²) in [7, 11) is -0.645. The molecule has 0 aliphatic heterocycles. The van der Waals surface area contributed by atoms with Crippen LogP contribution >= 0.6 is 0 Å². The zero-order valence-corrected chi connectivity index (χ0v) is 15.0. The summed E-state index contributed by atoms with van der Waals surface area (Å²) >= 11 is 0. The Hall–Kier alpha value is -2.26. The number of benzene rings is 1. The summed E-state index contributed by atoms with van der Waals surface area (Å²) < 4.78 is 30.5. The average Bonchev–Trinajstić information content (AvgIpc) is 2.96. The fraction of sp³-hybridized carbons (Fsp3) is 0.400. The summed E-state index contributed by atoms with van der Waals surface area (Å²) in [5.41, 5.74) is -0.0405. The van der Waals surface area contributed by atoms with Gasteiger partial charge in [-0.15, -0.1) is 5.10 Å². The predicted molar refractivity (Wildman–Crippen MR) is 88.3 cm³/mol. The molecule has 0 unspecified atom stereocenters. The standard InChI is InChI=1S/C15H20N4O4S/c1-15(2,3)13-17-18-14(23-13)16-12(20)10-6-8-11(9-7-10)24(21,22)19(4)5/h6-9H,1-5H3,(H,16,18,20). The molecule has 130 valence electrons. The largest absolute Gasteiger partial charge is 0.407 e. The van der Waals surface area contributed by atoms with Crippen molar-refractivity contribution in [3.05, 3.63) is 35.7 Å². The summed E-state index contributed by atoms with van der Waals surface area (Å²) in [6.45, 7) is 5.74. The molecule has 0 bridgehead atoms. The maximum Gasteiger partial charge on any atom is 0.322 e. The van der Waals surface area contributed by atoms with Gasteiger partial charge < -0.3 is 4.42 Å². The summed E-state index contributed by atoms with van der Waals surface area (Å²) in [5.74, 6) is -0.0573. The van der Waals surface area contributed by atoms with Crippen molar-refractivity contribution >= 4 is 21.9 Å². The second-order valence-electron chi connectivity index (χ2n) is 6.43. The highest BCUT2D eigenvalue weighted by Gasteiger charge is 2.22. The van der Waals surface area contributed by atoms with E-state index < -0.39 is 15.9 Å². The molecule has 0 radical (unpaired) electrons. The smallest absolute Gasteiger partial charge is 0.322 e. The third kappa shape index (κ3) is 3.80. The van der Waals surface area contributed by atoms with Crippen molar-refractivity contribution < 1.29 is 17.6 Å². The first-order valence-electron chi connectivity index (χ1n) is 7.20. The van der Waals surface area contributed by atoms with Gasteiger partial charge >= 0.3 is 6.01 Å². The molecule has 0 atom stereocenters. The van der Waals surface area contributed by atoms with Crippen LogP contribution in [0.25, 0.3) is 0 Å². The van der Waals surface area contributed by atoms with Crippen molar-refractivity contribution in [1.82, 2.24) is 14.5 Å². The van der Waals surface area contributed by atoms with Gasteiger partial charge in [0.25, 0.3) is 5.91 Å². The Morgan fingerprint density at radius 3 is 2.17 bits per heavy atom. The van der Waals surface area contributed by atoms with Crippen LogP contribution in [0.3, 0.4) is 0 Å². The van der Waals surface area contributed by atoms with E-state index in [0.717, 1.165) is 4.31 Å². The van der Waals surface area contributed by atoms with Crippen LogP contribution in [0.4, 0.5) is 6.01 Å². The van der Waals surface area contributed by atoms with E-state index in [-0.39, 0.29) is 21.9 Å². The van der Waals surface area contributed by atoms with Crippen molar-refractivity contribution in [3.63, 3.8) is 0 Å². The maximum atomic E-state index is 12.2. The molecule has 0 fully saturated rings. The molecule has 2 aromatic rings. The van der Waals surface area contributed by atoms with Gasteiger partial charge in [-0.2, -0.15) is 0 Å². The molecule has 1 aromatic carbocycles. The van der Waals surface area contributed by atoms with Crippen molar-refractivity contribution in [1.29, 1.82) is 0 Å². The molecular weight excluding hydrogens is 332 g/mol. The average molecular weight is 352 g/mol. The fourth-order valence-electron chi connectivity index (χ4n) is 1.74. The van der Waals surface area contributed by atoms with E-state index in [4.69, 9.17) is 4.42 Å². The summed E-state index contributed by atoms with van der Waals surface area (Å²) in [4.78, 5) is 12.3. The van der Waals surface area contributed by atoms with E-state index in [1.165, 1.54) is 38.4 Å². The quantitative estimate of drug-likeness (QED) is 0.900. The summed E-state index contributed by atoms with van der Waals surface area (Å²) in [6, 6.07) is 5.59. The molecule has 0 saturated heterocycles. The van der Waals surface area contributed by atoms with Crippen molar-refractivity contribution in [2.75, 3.05) is 19.4 Å². The Morgan fingerprint density at radius 1 is 1.12 bits per heavy atom. The van der Waals surface area contributed by atoms with Crippen LogP contribution < -0.4 is 5.32 Å². The van der Waals surface area contributed by atoms with Crippen LogP contribution in [0, 0.1) is 0 Å². The van der Waals surface area contributed by atoms with E-state index >= 15 is 0 Å². The molecule has 1 amide bonds. The maximum absolute atomic E-state index is 12.2. The molecule has 1 N–H and O–H groups in total. The highest BCUT2D eigenvalue weighted by molar-refractivity contribution is 7.89. The molecule has 0 aliphatic rings. The van der Waals surface area contributed by atoms with Crippen LogP contribution in [-0.4, -0.2) is 42.9 Å². The monoisotopic (exact) mass is 352 g/mol. The van der Waals surface area contributed by atoms with Gasteiger partial charge in [-0.3, -0.25) is 10.1 Å². The predicted octanol–water partition coefficient (Wildman–Crippen LogP) is 1.87. The molecule has 1 heterocycles. The molecule has 8 nitrogen and oxygen atoms in total. The number of nitrogens with one attached hydrogen (secondary N) is 1. The van der Waals surface area contributed by atoms with Gasteiger partial charge in [-0.1, -0.05) is 25.9 Å². The van der Waals surface area contributed by atoms with Crippen LogP contribution in [0.15, 0.2) is 33.6 Å². The zero-order valence-electron chi connectivity index (χ0n) is 14.2. The fourth-order valence-corrected chi connectivity index (χ4v) is 2.64. The van der Waals surface area contributed by atoms with Gasteiger partial charge in [0.05, 0.1) is 4.90 Å². The number of amides is 1. The van der Waals surface area contributed by atoms with Gasteiger partial charge in [0.1, 0.15) is 0 Å². The molecule has 0 saturated carbocycles. The molecule has 24 heavy (non-hydrogen) atoms. The van der Waals surface area contributed by atoms with E-state index in [1.54, 1.807) is 0 Å². The molecule has 2 rings (SSSR count). The number of anilines is 1. The van der Waals surface area contributed by atoms with Crippen LogP contribution in [0.1, 0.15) is 37.0 Å². The molecule has 9 heteroatoms. The Balaban J connectivity index is 2.15. The first-order valence-corrected chi connectivity index (χ1v) is 8.64.